The van der Waals surface area contributed by atoms with Crippen LogP contribution in [0.4, 0.5) is 28.1 Å². The van der Waals surface area contributed by atoms with Gasteiger partial charge in [-0.3, -0.25) is 4.99 Å². The predicted molar refractivity (Wildman–Crippen MR) is 210 cm³/mol. The molecule has 50 heavy (non-hydrogen) atoms. The van der Waals surface area contributed by atoms with Gasteiger partial charge in [0.25, 0.3) is 0 Å². The number of benzene rings is 2. The van der Waals surface area contributed by atoms with Gasteiger partial charge in [-0.1, -0.05) is 81.9 Å². The van der Waals surface area contributed by atoms with E-state index in [1.807, 2.05) is 58.0 Å². The molecular formula is C40H47N9S. The Bertz CT molecular complexity index is 2060. The number of aliphatic imine (C=N–C) groups is 3. The summed E-state index contributed by atoms with van der Waals surface area (Å²) in [5, 5.41) is 24.1. The molecule has 1 aliphatic rings. The van der Waals surface area contributed by atoms with Crippen LogP contribution in [0.5, 0.6) is 0 Å². The van der Waals surface area contributed by atoms with Crippen LogP contribution in [0.25, 0.3) is 10.2 Å². The van der Waals surface area contributed by atoms with Gasteiger partial charge in [-0.25, -0.2) is 20.0 Å². The van der Waals surface area contributed by atoms with Crippen molar-refractivity contribution in [3.8, 4) is 6.07 Å². The van der Waals surface area contributed by atoms with Crippen molar-refractivity contribution in [3.05, 3.63) is 76.4 Å². The maximum absolute atomic E-state index is 10.5. The highest BCUT2D eigenvalue weighted by atomic mass is 32.1. The maximum Gasteiger partial charge on any atom is 0.212 e. The molecule has 2 aromatic carbocycles. The van der Waals surface area contributed by atoms with Crippen molar-refractivity contribution < 1.29 is 0 Å². The van der Waals surface area contributed by atoms with Crippen molar-refractivity contribution in [1.82, 2.24) is 9.97 Å². The van der Waals surface area contributed by atoms with E-state index in [1.165, 1.54) is 16.9 Å². The number of fused-ring (bicyclic) bond motifs is 1. The van der Waals surface area contributed by atoms with Crippen LogP contribution in [0.1, 0.15) is 70.2 Å². The van der Waals surface area contributed by atoms with Crippen LogP contribution in [-0.2, 0) is 0 Å². The zero-order valence-electron chi connectivity index (χ0n) is 31.0. The Morgan fingerprint density at radius 3 is 2.32 bits per heavy atom. The van der Waals surface area contributed by atoms with Crippen molar-refractivity contribution in [3.63, 3.8) is 0 Å². The molecule has 9 nitrogen and oxygen atoms in total. The topological polar surface area (TPSA) is 123 Å². The number of hydrogen-bond donors (Lipinski definition) is 1. The largest absolute Gasteiger partial charge is 0.340 e. The smallest absolute Gasteiger partial charge is 0.212 e. The SMILES string of the molecule is CN=C(C(C#N)C(N=Nc1c(C)cc(Nc2c(C)cc(C)cc2C)nc1N=C1C(C)=CC(C)CC1C)=Nc1nc2ccccc2s1)C(C)(C)C. The standard InChI is InChI=1S/C40H47N9S/c1-22-16-24(3)33(25(4)17-22)44-32-20-28(7)35(38(45-32)46-34-26(5)18-23(2)19-27(34)6)48-49-37(29(21-41)36(42-11)40(8,9)10)47-39-43-30-14-12-13-15-31(30)50-39/h12-18,20,23,27,29H,19H2,1-11H3,(H,44,45). The quantitative estimate of drug-likeness (QED) is 0.118. The van der Waals surface area contributed by atoms with Gasteiger partial charge < -0.3 is 5.32 Å². The molecular weight excluding hydrogens is 639 g/mol. The highest BCUT2D eigenvalue weighted by Gasteiger charge is 2.32. The number of aromatic nitrogens is 2. The number of allylic oxidation sites excluding steroid dienone is 2. The molecule has 0 spiro atoms. The van der Waals surface area contributed by atoms with Crippen LogP contribution < -0.4 is 5.32 Å². The molecule has 3 unspecified atom stereocenters. The zero-order valence-corrected chi connectivity index (χ0v) is 31.9. The summed E-state index contributed by atoms with van der Waals surface area (Å²) in [6.07, 6.45) is 3.27. The average Bonchev–Trinajstić information content (AvgIpc) is 3.44. The van der Waals surface area contributed by atoms with E-state index < -0.39 is 11.3 Å². The van der Waals surface area contributed by atoms with E-state index in [9.17, 15) is 5.26 Å². The normalized spacial score (nSPS) is 18.8. The van der Waals surface area contributed by atoms with Gasteiger partial charge in [-0.05, 0) is 93.3 Å². The average molecular weight is 686 g/mol. The summed E-state index contributed by atoms with van der Waals surface area (Å²) in [5.74, 6) is 1.20. The van der Waals surface area contributed by atoms with E-state index in [0.29, 0.717) is 34.1 Å². The second-order valence-corrected chi connectivity index (χ2v) is 15.4. The van der Waals surface area contributed by atoms with E-state index in [-0.39, 0.29) is 11.8 Å². The Hall–Kier alpha value is -4.88. The molecule has 0 radical (unpaired) electrons. The van der Waals surface area contributed by atoms with Gasteiger partial charge in [0.2, 0.25) is 5.13 Å². The third-order valence-electron chi connectivity index (χ3n) is 8.87. The lowest BCUT2D eigenvalue weighted by Crippen LogP contribution is -2.32. The van der Waals surface area contributed by atoms with Gasteiger partial charge in [0.1, 0.15) is 17.4 Å². The zero-order chi connectivity index (χ0) is 36.3. The number of nitriles is 1. The minimum atomic E-state index is -0.850. The van der Waals surface area contributed by atoms with Gasteiger partial charge in [0.15, 0.2) is 11.7 Å². The second kappa shape index (κ2) is 14.9. The van der Waals surface area contributed by atoms with Crippen LogP contribution in [0, 0.1) is 62.2 Å². The summed E-state index contributed by atoms with van der Waals surface area (Å²) in [6.45, 7) is 20.9. The number of thiazole rings is 1. The summed E-state index contributed by atoms with van der Waals surface area (Å²) >= 11 is 1.44. The summed E-state index contributed by atoms with van der Waals surface area (Å²) in [4.78, 5) is 24.3. The number of rotatable bonds is 7. The predicted octanol–water partition coefficient (Wildman–Crippen LogP) is 11.4. The molecule has 1 N–H and O–H groups in total. The van der Waals surface area contributed by atoms with Gasteiger partial charge in [0, 0.05) is 29.6 Å². The van der Waals surface area contributed by atoms with Gasteiger partial charge >= 0.3 is 0 Å². The minimum absolute atomic E-state index is 0.212. The fraction of sp³-hybridized carbons (Fsp3) is 0.400. The van der Waals surface area contributed by atoms with Crippen molar-refractivity contribution in [2.75, 3.05) is 12.4 Å². The molecule has 0 aliphatic heterocycles. The number of hydrogen-bond acceptors (Lipinski definition) is 9. The number of pyridine rings is 1. The summed E-state index contributed by atoms with van der Waals surface area (Å²) in [5.41, 5.74) is 9.05. The van der Waals surface area contributed by atoms with E-state index in [1.54, 1.807) is 7.05 Å². The molecule has 3 atom stereocenters. The molecule has 1 aliphatic carbocycles. The molecule has 2 heterocycles. The maximum atomic E-state index is 10.5. The third-order valence-corrected chi connectivity index (χ3v) is 9.80. The van der Waals surface area contributed by atoms with Crippen LogP contribution in [0.15, 0.2) is 79.3 Å². The lowest BCUT2D eigenvalue weighted by molar-refractivity contribution is 0.550. The van der Waals surface area contributed by atoms with Crippen molar-refractivity contribution in [2.45, 2.75) is 75.7 Å². The first-order chi connectivity index (χ1) is 23.7. The number of aryl methyl sites for hydroxylation is 4. The Balaban J connectivity index is 1.69. The lowest BCUT2D eigenvalue weighted by atomic mass is 9.82. The third kappa shape index (κ3) is 8.11. The molecule has 4 aromatic rings. The Morgan fingerprint density at radius 2 is 1.70 bits per heavy atom. The number of para-hydroxylation sites is 1. The number of azo groups is 1. The minimum Gasteiger partial charge on any atom is -0.340 e. The van der Waals surface area contributed by atoms with Crippen LogP contribution in [0.3, 0.4) is 0 Å². The lowest BCUT2D eigenvalue weighted by Gasteiger charge is -2.24. The molecule has 258 valence electrons. The first kappa shape index (κ1) is 36.4. The van der Waals surface area contributed by atoms with Crippen molar-refractivity contribution in [2.24, 2.45) is 48.4 Å². The van der Waals surface area contributed by atoms with Crippen LogP contribution in [-0.4, -0.2) is 34.3 Å². The van der Waals surface area contributed by atoms with Gasteiger partial charge in [-0.2, -0.15) is 5.26 Å². The van der Waals surface area contributed by atoms with Crippen LogP contribution >= 0.6 is 11.3 Å². The molecule has 5 rings (SSSR count). The molecule has 0 fully saturated rings. The second-order valence-electron chi connectivity index (χ2n) is 14.4. The van der Waals surface area contributed by atoms with Crippen molar-refractivity contribution in [1.29, 1.82) is 5.26 Å². The Labute approximate surface area is 300 Å². The van der Waals surface area contributed by atoms with Crippen molar-refractivity contribution >= 4 is 67.0 Å². The monoisotopic (exact) mass is 685 g/mol. The summed E-state index contributed by atoms with van der Waals surface area (Å²) in [6, 6.07) is 16.6. The van der Waals surface area contributed by atoms with Gasteiger partial charge in [0.05, 0.1) is 16.3 Å². The van der Waals surface area contributed by atoms with E-state index >= 15 is 0 Å². The highest BCUT2D eigenvalue weighted by Crippen LogP contribution is 2.38. The fourth-order valence-electron chi connectivity index (χ4n) is 6.76. The number of nitrogens with one attached hydrogen (secondary N) is 1. The molecule has 0 bridgehead atoms. The van der Waals surface area contributed by atoms with E-state index in [0.717, 1.165) is 50.3 Å². The Morgan fingerprint density at radius 1 is 1.00 bits per heavy atom. The number of anilines is 2. The van der Waals surface area contributed by atoms with E-state index in [4.69, 9.17) is 30.2 Å². The molecule has 0 saturated heterocycles. The fourth-order valence-corrected chi connectivity index (χ4v) is 7.61. The van der Waals surface area contributed by atoms with E-state index in [2.05, 4.69) is 76.1 Å². The number of amidine groups is 1. The van der Waals surface area contributed by atoms with Crippen LogP contribution in [0.2, 0.25) is 0 Å². The number of nitrogens with zero attached hydrogens (tertiary/aromatic N) is 8. The molecule has 10 heteroatoms. The highest BCUT2D eigenvalue weighted by molar-refractivity contribution is 7.22. The molecule has 2 aromatic heterocycles. The first-order valence-electron chi connectivity index (χ1n) is 17.0. The Kier molecular flexibility index (Phi) is 10.9. The first-order valence-corrected chi connectivity index (χ1v) is 17.9. The van der Waals surface area contributed by atoms with Gasteiger partial charge in [-0.15, -0.1) is 10.2 Å². The summed E-state index contributed by atoms with van der Waals surface area (Å²) in [7, 11) is 1.70. The summed E-state index contributed by atoms with van der Waals surface area (Å²) < 4.78 is 0.996. The molecule has 0 amide bonds. The molecule has 0 saturated carbocycles.